The van der Waals surface area contributed by atoms with Gasteiger partial charge in [-0.05, 0) is 70.2 Å². The molecule has 1 aromatic heterocycles. The van der Waals surface area contributed by atoms with Crippen LogP contribution in [0.25, 0.3) is 0 Å². The summed E-state index contributed by atoms with van der Waals surface area (Å²) in [6.07, 6.45) is 0. The largest absolute Gasteiger partial charge is 0.370 e. The minimum atomic E-state index is -0.190. The minimum Gasteiger partial charge on any atom is -0.370 e. The number of thiophene rings is 1. The zero-order valence-electron chi connectivity index (χ0n) is 12.5. The number of benzene rings is 1. The Morgan fingerprint density at radius 3 is 2.76 bits per heavy atom. The lowest BCUT2D eigenvalue weighted by molar-refractivity contribution is 0.581. The first-order valence-electron chi connectivity index (χ1n) is 6.98. The van der Waals surface area contributed by atoms with Gasteiger partial charge in [0.25, 0.3) is 0 Å². The van der Waals surface area contributed by atoms with Gasteiger partial charge < -0.3 is 10.2 Å². The molecule has 2 aromatic rings. The molecule has 0 saturated heterocycles. The zero-order valence-corrected chi connectivity index (χ0v) is 14.9. The van der Waals surface area contributed by atoms with Crippen LogP contribution in [0, 0.1) is 5.82 Å². The Labute approximate surface area is 138 Å². The lowest BCUT2D eigenvalue weighted by Crippen LogP contribution is -2.23. The lowest BCUT2D eigenvalue weighted by atomic mass is 10.0. The monoisotopic (exact) mass is 370 g/mol. The van der Waals surface area contributed by atoms with Crippen LogP contribution in [-0.4, -0.2) is 13.6 Å². The van der Waals surface area contributed by atoms with Gasteiger partial charge in [-0.3, -0.25) is 0 Å². The van der Waals surface area contributed by atoms with E-state index in [9.17, 15) is 4.39 Å². The SMILES string of the molecule is CCNC(C)c1cc(F)ccc1N(C)Cc1csc(Br)c1. The maximum Gasteiger partial charge on any atom is 0.123 e. The smallest absolute Gasteiger partial charge is 0.123 e. The van der Waals surface area contributed by atoms with Crippen molar-refractivity contribution < 1.29 is 4.39 Å². The number of nitrogens with one attached hydrogen (secondary N) is 1. The van der Waals surface area contributed by atoms with Gasteiger partial charge in [-0.25, -0.2) is 4.39 Å². The molecular weight excluding hydrogens is 351 g/mol. The van der Waals surface area contributed by atoms with E-state index in [2.05, 4.69) is 51.4 Å². The molecule has 114 valence electrons. The molecule has 0 aliphatic carbocycles. The first kappa shape index (κ1) is 16.5. The molecule has 5 heteroatoms. The first-order chi connectivity index (χ1) is 10.0. The predicted octanol–water partition coefficient (Wildman–Crippen LogP) is 4.96. The van der Waals surface area contributed by atoms with Crippen molar-refractivity contribution in [3.8, 4) is 0 Å². The van der Waals surface area contributed by atoms with E-state index < -0.39 is 0 Å². The van der Waals surface area contributed by atoms with Crippen LogP contribution >= 0.6 is 27.3 Å². The Hall–Kier alpha value is -0.910. The lowest BCUT2D eigenvalue weighted by Gasteiger charge is -2.25. The van der Waals surface area contributed by atoms with Gasteiger partial charge >= 0.3 is 0 Å². The minimum absolute atomic E-state index is 0.123. The maximum atomic E-state index is 13.6. The van der Waals surface area contributed by atoms with Crippen LogP contribution in [0.4, 0.5) is 10.1 Å². The van der Waals surface area contributed by atoms with E-state index in [1.807, 2.05) is 13.1 Å². The van der Waals surface area contributed by atoms with E-state index in [0.717, 1.165) is 28.1 Å². The molecule has 1 N–H and O–H groups in total. The van der Waals surface area contributed by atoms with Crippen LogP contribution < -0.4 is 10.2 Å². The maximum absolute atomic E-state index is 13.6. The summed E-state index contributed by atoms with van der Waals surface area (Å²) >= 11 is 5.17. The second-order valence-electron chi connectivity index (χ2n) is 5.10. The van der Waals surface area contributed by atoms with Gasteiger partial charge in [-0.1, -0.05) is 6.92 Å². The number of rotatable bonds is 6. The molecule has 0 radical (unpaired) electrons. The van der Waals surface area contributed by atoms with Crippen LogP contribution in [-0.2, 0) is 6.54 Å². The van der Waals surface area contributed by atoms with E-state index in [0.29, 0.717) is 0 Å². The van der Waals surface area contributed by atoms with Crippen molar-refractivity contribution in [2.24, 2.45) is 0 Å². The van der Waals surface area contributed by atoms with Gasteiger partial charge in [0, 0.05) is 25.3 Å². The summed E-state index contributed by atoms with van der Waals surface area (Å²) in [7, 11) is 2.04. The Morgan fingerprint density at radius 1 is 1.38 bits per heavy atom. The fraction of sp³-hybridized carbons (Fsp3) is 0.375. The molecule has 1 unspecified atom stereocenters. The third kappa shape index (κ3) is 4.28. The summed E-state index contributed by atoms with van der Waals surface area (Å²) in [5, 5.41) is 5.49. The van der Waals surface area contributed by atoms with Crippen molar-refractivity contribution in [3.05, 3.63) is 50.4 Å². The van der Waals surface area contributed by atoms with Gasteiger partial charge in [0.1, 0.15) is 5.82 Å². The van der Waals surface area contributed by atoms with Gasteiger partial charge in [0.15, 0.2) is 0 Å². The molecule has 1 atom stereocenters. The van der Waals surface area contributed by atoms with E-state index in [1.165, 1.54) is 11.6 Å². The van der Waals surface area contributed by atoms with Crippen LogP contribution in [0.1, 0.15) is 31.0 Å². The molecule has 21 heavy (non-hydrogen) atoms. The van der Waals surface area contributed by atoms with E-state index in [1.54, 1.807) is 17.4 Å². The molecule has 2 nitrogen and oxygen atoms in total. The van der Waals surface area contributed by atoms with Gasteiger partial charge in [-0.15, -0.1) is 11.3 Å². The normalized spacial score (nSPS) is 12.4. The van der Waals surface area contributed by atoms with E-state index in [4.69, 9.17) is 0 Å². The molecule has 0 spiro atoms. The second kappa shape index (κ2) is 7.38. The quantitative estimate of drug-likeness (QED) is 0.772. The van der Waals surface area contributed by atoms with Crippen LogP contribution in [0.2, 0.25) is 0 Å². The van der Waals surface area contributed by atoms with Crippen LogP contribution in [0.5, 0.6) is 0 Å². The molecule has 0 saturated carbocycles. The Bertz CT molecular complexity index is 600. The highest BCUT2D eigenvalue weighted by atomic mass is 79.9. The van der Waals surface area contributed by atoms with Crippen molar-refractivity contribution in [3.63, 3.8) is 0 Å². The summed E-state index contributed by atoms with van der Waals surface area (Å²) in [6, 6.07) is 7.26. The average Bonchev–Trinajstić information content (AvgIpc) is 2.84. The molecule has 1 aromatic carbocycles. The summed E-state index contributed by atoms with van der Waals surface area (Å²) in [4.78, 5) is 2.16. The summed E-state index contributed by atoms with van der Waals surface area (Å²) in [6.45, 7) is 5.79. The number of hydrogen-bond donors (Lipinski definition) is 1. The van der Waals surface area contributed by atoms with Crippen molar-refractivity contribution >= 4 is 33.0 Å². The fourth-order valence-electron chi connectivity index (χ4n) is 2.42. The fourth-order valence-corrected chi connectivity index (χ4v) is 3.62. The van der Waals surface area contributed by atoms with E-state index >= 15 is 0 Å². The molecule has 2 rings (SSSR count). The van der Waals surface area contributed by atoms with E-state index in [-0.39, 0.29) is 11.9 Å². The Morgan fingerprint density at radius 2 is 2.14 bits per heavy atom. The first-order valence-corrected chi connectivity index (χ1v) is 8.65. The predicted molar refractivity (Wildman–Crippen MR) is 92.6 cm³/mol. The number of anilines is 1. The highest BCUT2D eigenvalue weighted by Crippen LogP contribution is 2.29. The number of hydrogen-bond acceptors (Lipinski definition) is 3. The highest BCUT2D eigenvalue weighted by molar-refractivity contribution is 9.11. The molecule has 0 aliphatic rings. The average molecular weight is 371 g/mol. The van der Waals surface area contributed by atoms with Crippen LogP contribution in [0.3, 0.4) is 0 Å². The molecule has 0 amide bonds. The summed E-state index contributed by atoms with van der Waals surface area (Å²) in [5.41, 5.74) is 3.31. The molecule has 0 aliphatic heterocycles. The van der Waals surface area contributed by atoms with Crippen molar-refractivity contribution in [2.45, 2.75) is 26.4 Å². The van der Waals surface area contributed by atoms with Crippen molar-refractivity contribution in [1.82, 2.24) is 5.32 Å². The Kier molecular flexibility index (Phi) is 5.79. The molecule has 0 bridgehead atoms. The number of nitrogens with zero attached hydrogens (tertiary/aromatic N) is 1. The standard InChI is InChI=1S/C16H20BrFN2S/c1-4-19-11(2)14-8-13(18)5-6-15(14)20(3)9-12-7-16(17)21-10-12/h5-8,10-11,19H,4,9H2,1-3H3. The third-order valence-corrected chi connectivity index (χ3v) is 4.97. The number of halogens is 2. The molecule has 0 fully saturated rings. The zero-order chi connectivity index (χ0) is 15.4. The van der Waals surface area contributed by atoms with Gasteiger partial charge in [0.2, 0.25) is 0 Å². The topological polar surface area (TPSA) is 15.3 Å². The highest BCUT2D eigenvalue weighted by Gasteiger charge is 2.14. The second-order valence-corrected chi connectivity index (χ2v) is 7.39. The van der Waals surface area contributed by atoms with Crippen LogP contribution in [0.15, 0.2) is 33.4 Å². The van der Waals surface area contributed by atoms with Gasteiger partial charge in [0.05, 0.1) is 3.79 Å². The third-order valence-electron chi connectivity index (χ3n) is 3.42. The van der Waals surface area contributed by atoms with Crippen molar-refractivity contribution in [1.29, 1.82) is 0 Å². The van der Waals surface area contributed by atoms with Gasteiger partial charge in [-0.2, -0.15) is 0 Å². The summed E-state index contributed by atoms with van der Waals surface area (Å²) in [5.74, 6) is -0.190. The van der Waals surface area contributed by atoms with Crippen molar-refractivity contribution in [2.75, 3.05) is 18.5 Å². The molecular formula is C16H20BrFN2S. The summed E-state index contributed by atoms with van der Waals surface area (Å²) < 4.78 is 14.7. The Balaban J connectivity index is 2.25. The molecule has 1 heterocycles.